The third-order valence-electron chi connectivity index (χ3n) is 3.59. The molecule has 1 N–H and O–H groups in total. The van der Waals surface area contributed by atoms with Crippen LogP contribution in [0.2, 0.25) is 0 Å². The molecule has 2 unspecified atom stereocenters. The average molecular weight is 256 g/mol. The number of oxazole rings is 1. The molecular formula is C11H16N2O3S. The molecule has 17 heavy (non-hydrogen) atoms. The SMILES string of the molecule is O=S1(=O)CCC(c2cnc(C3CCNC3)o2)C1. The molecule has 2 aliphatic heterocycles. The first kappa shape index (κ1) is 11.2. The third-order valence-corrected chi connectivity index (χ3v) is 5.35. The van der Waals surface area contributed by atoms with E-state index < -0.39 is 9.84 Å². The first-order valence-corrected chi connectivity index (χ1v) is 7.83. The minimum atomic E-state index is -2.85. The van der Waals surface area contributed by atoms with Crippen LogP contribution in [-0.4, -0.2) is 38.0 Å². The lowest BCUT2D eigenvalue weighted by Crippen LogP contribution is -2.08. The minimum absolute atomic E-state index is 0.00983. The van der Waals surface area contributed by atoms with Crippen molar-refractivity contribution in [1.82, 2.24) is 10.3 Å². The smallest absolute Gasteiger partial charge is 0.198 e. The highest BCUT2D eigenvalue weighted by atomic mass is 32.2. The number of hydrogen-bond donors (Lipinski definition) is 1. The van der Waals surface area contributed by atoms with Gasteiger partial charge in [-0.25, -0.2) is 13.4 Å². The summed E-state index contributed by atoms with van der Waals surface area (Å²) < 4.78 is 28.5. The van der Waals surface area contributed by atoms with Crippen LogP contribution in [0.25, 0.3) is 0 Å². The molecular weight excluding hydrogens is 240 g/mol. The summed E-state index contributed by atoms with van der Waals surface area (Å²) in [4.78, 5) is 4.29. The van der Waals surface area contributed by atoms with Crippen molar-refractivity contribution >= 4 is 9.84 Å². The zero-order valence-corrected chi connectivity index (χ0v) is 10.4. The second kappa shape index (κ2) is 4.10. The van der Waals surface area contributed by atoms with E-state index in [9.17, 15) is 8.42 Å². The summed E-state index contributed by atoms with van der Waals surface area (Å²) in [6, 6.07) is 0. The van der Waals surface area contributed by atoms with E-state index in [1.165, 1.54) is 0 Å². The molecule has 0 amide bonds. The Labute approximate surface area is 101 Å². The van der Waals surface area contributed by atoms with Gasteiger partial charge in [0.05, 0.1) is 17.7 Å². The van der Waals surface area contributed by atoms with E-state index in [4.69, 9.17) is 4.42 Å². The molecule has 94 valence electrons. The van der Waals surface area contributed by atoms with Gasteiger partial charge < -0.3 is 9.73 Å². The highest BCUT2D eigenvalue weighted by Crippen LogP contribution is 2.31. The van der Waals surface area contributed by atoms with Crippen LogP contribution < -0.4 is 5.32 Å². The number of aromatic nitrogens is 1. The maximum absolute atomic E-state index is 11.4. The Bertz CT molecular complexity index is 503. The molecule has 5 nitrogen and oxygen atoms in total. The van der Waals surface area contributed by atoms with Crippen LogP contribution >= 0.6 is 0 Å². The molecule has 2 saturated heterocycles. The molecule has 0 saturated carbocycles. The Morgan fingerprint density at radius 1 is 1.35 bits per heavy atom. The molecule has 2 aliphatic rings. The van der Waals surface area contributed by atoms with E-state index in [2.05, 4.69) is 10.3 Å². The van der Waals surface area contributed by atoms with Gasteiger partial charge in [0.2, 0.25) is 0 Å². The van der Waals surface area contributed by atoms with Crippen molar-refractivity contribution in [2.24, 2.45) is 0 Å². The molecule has 3 rings (SSSR count). The number of nitrogens with zero attached hydrogens (tertiary/aromatic N) is 1. The Kier molecular flexibility index (Phi) is 2.71. The normalized spacial score (nSPS) is 32.0. The third kappa shape index (κ3) is 2.24. The van der Waals surface area contributed by atoms with Gasteiger partial charge in [-0.05, 0) is 19.4 Å². The summed E-state index contributed by atoms with van der Waals surface area (Å²) >= 11 is 0. The van der Waals surface area contributed by atoms with Gasteiger partial charge in [0, 0.05) is 18.4 Å². The average Bonchev–Trinajstić information content (AvgIpc) is 2.93. The van der Waals surface area contributed by atoms with E-state index >= 15 is 0 Å². The fourth-order valence-electron chi connectivity index (χ4n) is 2.56. The van der Waals surface area contributed by atoms with Gasteiger partial charge in [-0.2, -0.15) is 0 Å². The molecule has 0 aliphatic carbocycles. The summed E-state index contributed by atoms with van der Waals surface area (Å²) in [5.74, 6) is 2.35. The quantitative estimate of drug-likeness (QED) is 0.841. The second-order valence-electron chi connectivity index (χ2n) is 4.89. The summed E-state index contributed by atoms with van der Waals surface area (Å²) in [6.07, 6.45) is 3.42. The monoisotopic (exact) mass is 256 g/mol. The lowest BCUT2D eigenvalue weighted by molar-refractivity contribution is 0.409. The van der Waals surface area contributed by atoms with Gasteiger partial charge in [-0.1, -0.05) is 0 Å². The summed E-state index contributed by atoms with van der Waals surface area (Å²) in [6.45, 7) is 1.91. The van der Waals surface area contributed by atoms with Crippen LogP contribution in [0.15, 0.2) is 10.6 Å². The van der Waals surface area contributed by atoms with Crippen LogP contribution in [0.4, 0.5) is 0 Å². The summed E-state index contributed by atoms with van der Waals surface area (Å²) in [5.41, 5.74) is 0. The fraction of sp³-hybridized carbons (Fsp3) is 0.727. The van der Waals surface area contributed by atoms with E-state index in [-0.39, 0.29) is 17.4 Å². The molecule has 0 spiro atoms. The molecule has 2 atom stereocenters. The van der Waals surface area contributed by atoms with Crippen molar-refractivity contribution in [3.8, 4) is 0 Å². The van der Waals surface area contributed by atoms with Gasteiger partial charge in [0.1, 0.15) is 5.76 Å². The minimum Gasteiger partial charge on any atom is -0.445 e. The highest BCUT2D eigenvalue weighted by molar-refractivity contribution is 7.91. The van der Waals surface area contributed by atoms with Crippen molar-refractivity contribution in [3.63, 3.8) is 0 Å². The fourth-order valence-corrected chi connectivity index (χ4v) is 4.32. The first-order valence-electron chi connectivity index (χ1n) is 6.01. The lowest BCUT2D eigenvalue weighted by atomic mass is 10.1. The molecule has 0 aromatic carbocycles. The number of rotatable bonds is 2. The van der Waals surface area contributed by atoms with Gasteiger partial charge >= 0.3 is 0 Å². The summed E-state index contributed by atoms with van der Waals surface area (Å²) in [7, 11) is -2.85. The summed E-state index contributed by atoms with van der Waals surface area (Å²) in [5, 5.41) is 3.27. The van der Waals surface area contributed by atoms with E-state index in [0.29, 0.717) is 12.3 Å². The number of nitrogens with one attached hydrogen (secondary N) is 1. The molecule has 6 heteroatoms. The molecule has 0 radical (unpaired) electrons. The highest BCUT2D eigenvalue weighted by Gasteiger charge is 2.32. The maximum atomic E-state index is 11.4. The van der Waals surface area contributed by atoms with Gasteiger partial charge in [-0.3, -0.25) is 0 Å². The predicted octanol–water partition coefficient (Wildman–Crippen LogP) is 0.654. The van der Waals surface area contributed by atoms with Crippen LogP contribution in [0.1, 0.15) is 36.3 Å². The standard InChI is InChI=1S/C11H16N2O3S/c14-17(15)4-2-9(7-17)10-6-13-11(16-10)8-1-3-12-5-8/h6,8-9,12H,1-5,7H2. The van der Waals surface area contributed by atoms with Gasteiger partial charge in [-0.15, -0.1) is 0 Å². The maximum Gasteiger partial charge on any atom is 0.198 e. The zero-order valence-electron chi connectivity index (χ0n) is 9.55. The molecule has 2 fully saturated rings. The lowest BCUT2D eigenvalue weighted by Gasteiger charge is -2.04. The first-order chi connectivity index (χ1) is 8.14. The molecule has 3 heterocycles. The number of sulfone groups is 1. The Morgan fingerprint density at radius 3 is 2.88 bits per heavy atom. The molecule has 0 bridgehead atoms. The molecule has 1 aromatic heterocycles. The van der Waals surface area contributed by atoms with Crippen LogP contribution in [0.5, 0.6) is 0 Å². The Morgan fingerprint density at radius 2 is 2.24 bits per heavy atom. The van der Waals surface area contributed by atoms with E-state index in [1.807, 2.05) is 0 Å². The van der Waals surface area contributed by atoms with Crippen molar-refractivity contribution in [2.45, 2.75) is 24.7 Å². The van der Waals surface area contributed by atoms with Crippen molar-refractivity contribution in [2.75, 3.05) is 24.6 Å². The van der Waals surface area contributed by atoms with Gasteiger partial charge in [0.15, 0.2) is 15.7 Å². The van der Waals surface area contributed by atoms with Crippen LogP contribution in [0, 0.1) is 0 Å². The molecule has 1 aromatic rings. The topological polar surface area (TPSA) is 72.2 Å². The Hall–Kier alpha value is -0.880. The largest absolute Gasteiger partial charge is 0.445 e. The second-order valence-corrected chi connectivity index (χ2v) is 7.12. The van der Waals surface area contributed by atoms with Crippen molar-refractivity contribution in [1.29, 1.82) is 0 Å². The van der Waals surface area contributed by atoms with E-state index in [0.717, 1.165) is 31.2 Å². The predicted molar refractivity (Wildman–Crippen MR) is 62.7 cm³/mol. The van der Waals surface area contributed by atoms with Crippen LogP contribution in [-0.2, 0) is 9.84 Å². The zero-order chi connectivity index (χ0) is 11.9. The van der Waals surface area contributed by atoms with Crippen LogP contribution in [0.3, 0.4) is 0 Å². The van der Waals surface area contributed by atoms with Gasteiger partial charge in [0.25, 0.3) is 0 Å². The Balaban J connectivity index is 1.76. The van der Waals surface area contributed by atoms with Crippen molar-refractivity contribution < 1.29 is 12.8 Å². The van der Waals surface area contributed by atoms with E-state index in [1.54, 1.807) is 6.20 Å². The number of hydrogen-bond acceptors (Lipinski definition) is 5. The van der Waals surface area contributed by atoms with Crippen molar-refractivity contribution in [3.05, 3.63) is 17.8 Å².